The smallest absolute Gasteiger partial charge is 0.258 e. The summed E-state index contributed by atoms with van der Waals surface area (Å²) in [5.41, 5.74) is 5.95. The van der Waals surface area contributed by atoms with E-state index in [0.29, 0.717) is 5.56 Å². The van der Waals surface area contributed by atoms with Crippen LogP contribution in [0.5, 0.6) is 5.75 Å². The lowest BCUT2D eigenvalue weighted by atomic mass is 10.0. The van der Waals surface area contributed by atoms with Crippen LogP contribution in [0.2, 0.25) is 0 Å². The predicted octanol–water partition coefficient (Wildman–Crippen LogP) is 5.34. The maximum absolute atomic E-state index is 13.1. The third-order valence-corrected chi connectivity index (χ3v) is 5.12. The zero-order chi connectivity index (χ0) is 19.5. The van der Waals surface area contributed by atoms with Gasteiger partial charge in [-0.25, -0.2) is 0 Å². The molecule has 1 amide bonds. The monoisotopic (exact) mass is 372 g/mol. The van der Waals surface area contributed by atoms with Crippen LogP contribution in [0.15, 0.2) is 66.7 Å². The molecule has 1 N–H and O–H groups in total. The van der Waals surface area contributed by atoms with Crippen molar-refractivity contribution < 1.29 is 9.53 Å². The van der Waals surface area contributed by atoms with Gasteiger partial charge in [0.1, 0.15) is 5.75 Å². The highest BCUT2D eigenvalue weighted by atomic mass is 16.5. The standard InChI is InChI=1S/C24H24N2O2/c1-17-9-14-23(28-2)21(16-17)25-20-12-10-19(11-13-20)24(27)26-15-5-7-18-6-3-4-8-22(18)26/h3-4,6,8-14,16,25H,5,7,15H2,1-2H3. The van der Waals surface area contributed by atoms with E-state index in [4.69, 9.17) is 4.74 Å². The molecule has 0 aliphatic carbocycles. The van der Waals surface area contributed by atoms with Crippen LogP contribution >= 0.6 is 0 Å². The number of aryl methyl sites for hydroxylation is 2. The van der Waals surface area contributed by atoms with Crippen LogP contribution in [-0.2, 0) is 6.42 Å². The van der Waals surface area contributed by atoms with Gasteiger partial charge < -0.3 is 15.0 Å². The minimum Gasteiger partial charge on any atom is -0.495 e. The van der Waals surface area contributed by atoms with Gasteiger partial charge in [-0.05, 0) is 73.4 Å². The Balaban J connectivity index is 1.54. The van der Waals surface area contributed by atoms with E-state index in [-0.39, 0.29) is 5.91 Å². The van der Waals surface area contributed by atoms with Gasteiger partial charge in [0.2, 0.25) is 0 Å². The normalized spacial score (nSPS) is 13.0. The number of methoxy groups -OCH3 is 1. The van der Waals surface area contributed by atoms with Gasteiger partial charge >= 0.3 is 0 Å². The Morgan fingerprint density at radius 1 is 1.04 bits per heavy atom. The Morgan fingerprint density at radius 2 is 1.82 bits per heavy atom. The van der Waals surface area contributed by atoms with Crippen molar-refractivity contribution in [2.75, 3.05) is 23.9 Å². The summed E-state index contributed by atoms with van der Waals surface area (Å²) in [7, 11) is 1.66. The second-order valence-electron chi connectivity index (χ2n) is 7.10. The summed E-state index contributed by atoms with van der Waals surface area (Å²) in [6, 6.07) is 21.8. The fourth-order valence-corrected chi connectivity index (χ4v) is 3.67. The molecule has 0 saturated heterocycles. The van der Waals surface area contributed by atoms with Gasteiger partial charge in [-0.1, -0.05) is 24.3 Å². The Kier molecular flexibility index (Phi) is 5.02. The first-order valence-electron chi connectivity index (χ1n) is 9.57. The summed E-state index contributed by atoms with van der Waals surface area (Å²) >= 11 is 0. The number of benzene rings is 3. The molecule has 4 rings (SSSR count). The molecular weight excluding hydrogens is 348 g/mol. The van der Waals surface area contributed by atoms with E-state index in [9.17, 15) is 4.79 Å². The Morgan fingerprint density at radius 3 is 2.61 bits per heavy atom. The average Bonchev–Trinajstić information content (AvgIpc) is 2.73. The van der Waals surface area contributed by atoms with Crippen molar-refractivity contribution in [2.45, 2.75) is 19.8 Å². The topological polar surface area (TPSA) is 41.6 Å². The number of nitrogens with zero attached hydrogens (tertiary/aromatic N) is 1. The van der Waals surface area contributed by atoms with Crippen LogP contribution < -0.4 is 15.0 Å². The SMILES string of the molecule is COc1ccc(C)cc1Nc1ccc(C(=O)N2CCCc3ccccc32)cc1. The Labute approximate surface area is 165 Å². The molecule has 0 atom stereocenters. The van der Waals surface area contributed by atoms with E-state index >= 15 is 0 Å². The average molecular weight is 372 g/mol. The van der Waals surface area contributed by atoms with Crippen molar-refractivity contribution in [2.24, 2.45) is 0 Å². The van der Waals surface area contributed by atoms with Crippen LogP contribution in [0.3, 0.4) is 0 Å². The van der Waals surface area contributed by atoms with Crippen molar-refractivity contribution in [1.82, 2.24) is 0 Å². The highest BCUT2D eigenvalue weighted by Crippen LogP contribution is 2.30. The zero-order valence-electron chi connectivity index (χ0n) is 16.2. The molecule has 1 aliphatic heterocycles. The summed E-state index contributed by atoms with van der Waals surface area (Å²) in [6.45, 7) is 2.80. The van der Waals surface area contributed by atoms with Gasteiger partial charge in [0.25, 0.3) is 5.91 Å². The number of carbonyl (C=O) groups is 1. The fourth-order valence-electron chi connectivity index (χ4n) is 3.67. The van der Waals surface area contributed by atoms with Crippen LogP contribution in [0, 0.1) is 6.92 Å². The van der Waals surface area contributed by atoms with Crippen molar-refractivity contribution in [3.63, 3.8) is 0 Å². The van der Waals surface area contributed by atoms with Gasteiger partial charge in [0, 0.05) is 23.5 Å². The first-order chi connectivity index (χ1) is 13.7. The van der Waals surface area contributed by atoms with E-state index in [1.54, 1.807) is 7.11 Å². The molecule has 0 unspecified atom stereocenters. The maximum atomic E-state index is 13.1. The number of amides is 1. The van der Waals surface area contributed by atoms with Crippen molar-refractivity contribution in [3.8, 4) is 5.75 Å². The van der Waals surface area contributed by atoms with Crippen LogP contribution in [0.4, 0.5) is 17.1 Å². The molecule has 4 heteroatoms. The Bertz CT molecular complexity index is 996. The lowest BCUT2D eigenvalue weighted by Crippen LogP contribution is -2.35. The van der Waals surface area contributed by atoms with Crippen molar-refractivity contribution >= 4 is 23.0 Å². The molecule has 0 saturated carbocycles. The fraction of sp³-hybridized carbons (Fsp3) is 0.208. The molecule has 0 aromatic heterocycles. The van der Waals surface area contributed by atoms with Crippen molar-refractivity contribution in [3.05, 3.63) is 83.4 Å². The summed E-state index contributed by atoms with van der Waals surface area (Å²) in [6.07, 6.45) is 2.02. The van der Waals surface area contributed by atoms with E-state index in [1.165, 1.54) is 5.56 Å². The van der Waals surface area contributed by atoms with Crippen LogP contribution in [0.1, 0.15) is 27.9 Å². The molecule has 1 aliphatic rings. The van der Waals surface area contributed by atoms with Gasteiger partial charge in [0.05, 0.1) is 12.8 Å². The molecule has 28 heavy (non-hydrogen) atoms. The predicted molar refractivity (Wildman–Crippen MR) is 114 cm³/mol. The van der Waals surface area contributed by atoms with E-state index < -0.39 is 0 Å². The van der Waals surface area contributed by atoms with Crippen LogP contribution in [0.25, 0.3) is 0 Å². The third-order valence-electron chi connectivity index (χ3n) is 5.12. The maximum Gasteiger partial charge on any atom is 0.258 e. The van der Waals surface area contributed by atoms with E-state index in [0.717, 1.165) is 47.8 Å². The summed E-state index contributed by atoms with van der Waals surface area (Å²) in [5, 5.41) is 3.38. The molecule has 3 aromatic rings. The van der Waals surface area contributed by atoms with E-state index in [2.05, 4.69) is 11.4 Å². The third kappa shape index (κ3) is 3.58. The summed E-state index contributed by atoms with van der Waals surface area (Å²) in [4.78, 5) is 15.0. The molecule has 0 bridgehead atoms. The summed E-state index contributed by atoms with van der Waals surface area (Å²) in [5.74, 6) is 0.836. The number of anilines is 3. The number of para-hydroxylation sites is 1. The minimum atomic E-state index is 0.0480. The lowest BCUT2D eigenvalue weighted by Gasteiger charge is -2.29. The highest BCUT2D eigenvalue weighted by molar-refractivity contribution is 6.07. The molecule has 0 spiro atoms. The van der Waals surface area contributed by atoms with Crippen LogP contribution in [-0.4, -0.2) is 19.6 Å². The van der Waals surface area contributed by atoms with Gasteiger partial charge in [-0.2, -0.15) is 0 Å². The molecule has 0 fully saturated rings. The van der Waals surface area contributed by atoms with E-state index in [1.807, 2.05) is 72.5 Å². The van der Waals surface area contributed by atoms with Gasteiger partial charge in [-0.3, -0.25) is 4.79 Å². The Hall–Kier alpha value is -3.27. The first kappa shape index (κ1) is 18.1. The summed E-state index contributed by atoms with van der Waals surface area (Å²) < 4.78 is 5.42. The number of rotatable bonds is 4. The molecule has 3 aromatic carbocycles. The molecular formula is C24H24N2O2. The zero-order valence-corrected chi connectivity index (χ0v) is 16.2. The number of nitrogens with one attached hydrogen (secondary N) is 1. The van der Waals surface area contributed by atoms with Crippen molar-refractivity contribution in [1.29, 1.82) is 0 Å². The number of fused-ring (bicyclic) bond motifs is 1. The first-order valence-corrected chi connectivity index (χ1v) is 9.57. The second kappa shape index (κ2) is 7.77. The second-order valence-corrected chi connectivity index (χ2v) is 7.10. The number of hydrogen-bond acceptors (Lipinski definition) is 3. The number of hydrogen-bond donors (Lipinski definition) is 1. The largest absolute Gasteiger partial charge is 0.495 e. The van der Waals surface area contributed by atoms with Gasteiger partial charge in [-0.15, -0.1) is 0 Å². The highest BCUT2D eigenvalue weighted by Gasteiger charge is 2.23. The molecule has 1 heterocycles. The quantitative estimate of drug-likeness (QED) is 0.672. The molecule has 4 nitrogen and oxygen atoms in total. The molecule has 142 valence electrons. The number of carbonyl (C=O) groups excluding carboxylic acids is 1. The number of ether oxygens (including phenoxy) is 1. The minimum absolute atomic E-state index is 0.0480. The lowest BCUT2D eigenvalue weighted by molar-refractivity contribution is 0.0985. The molecule has 0 radical (unpaired) electrons. The van der Waals surface area contributed by atoms with Gasteiger partial charge in [0.15, 0.2) is 0 Å².